The highest BCUT2D eigenvalue weighted by Crippen LogP contribution is 2.29. The third-order valence-electron chi connectivity index (χ3n) is 4.68. The predicted molar refractivity (Wildman–Crippen MR) is 99.6 cm³/mol. The van der Waals surface area contributed by atoms with Crippen LogP contribution in [0.4, 0.5) is 0 Å². The molecule has 118 valence electrons. The standard InChI is InChI=1S/C22H19NO/c1-15(18-11-6-9-16-7-2-4-10-19(16)18)13-22(24)21-14-17-8-3-5-12-20(17)23-21/h2-12,14-15,23H,13H2,1H3/t15-/m1/s1. The van der Waals surface area contributed by atoms with E-state index in [4.69, 9.17) is 0 Å². The summed E-state index contributed by atoms with van der Waals surface area (Å²) in [7, 11) is 0. The van der Waals surface area contributed by atoms with Crippen LogP contribution in [-0.4, -0.2) is 10.8 Å². The zero-order valence-electron chi connectivity index (χ0n) is 13.6. The van der Waals surface area contributed by atoms with Gasteiger partial charge in [-0.3, -0.25) is 4.79 Å². The van der Waals surface area contributed by atoms with Crippen molar-refractivity contribution in [2.45, 2.75) is 19.3 Å². The molecule has 1 heterocycles. The maximum absolute atomic E-state index is 12.7. The first kappa shape index (κ1) is 14.7. The molecule has 0 aliphatic carbocycles. The molecule has 1 N–H and O–H groups in total. The number of Topliss-reactive ketones (excluding diaryl/α,β-unsaturated/α-hetero) is 1. The Kier molecular flexibility index (Phi) is 3.66. The Labute approximate surface area is 141 Å². The minimum absolute atomic E-state index is 0.159. The van der Waals surface area contributed by atoms with E-state index in [2.05, 4.69) is 48.3 Å². The number of ketones is 1. The van der Waals surface area contributed by atoms with Crippen LogP contribution in [0.25, 0.3) is 21.7 Å². The van der Waals surface area contributed by atoms with Crippen molar-refractivity contribution >= 4 is 27.5 Å². The van der Waals surface area contributed by atoms with Gasteiger partial charge in [0.2, 0.25) is 0 Å². The minimum atomic E-state index is 0.159. The highest BCUT2D eigenvalue weighted by Gasteiger charge is 2.16. The second-order valence-electron chi connectivity index (χ2n) is 6.37. The number of aromatic nitrogens is 1. The van der Waals surface area contributed by atoms with E-state index in [0.717, 1.165) is 10.9 Å². The summed E-state index contributed by atoms with van der Waals surface area (Å²) in [5.41, 5.74) is 2.94. The van der Waals surface area contributed by atoms with E-state index in [1.165, 1.54) is 16.3 Å². The quantitative estimate of drug-likeness (QED) is 0.482. The molecule has 4 rings (SSSR count). The summed E-state index contributed by atoms with van der Waals surface area (Å²) < 4.78 is 0. The van der Waals surface area contributed by atoms with Crippen LogP contribution in [0.15, 0.2) is 72.8 Å². The van der Waals surface area contributed by atoms with E-state index >= 15 is 0 Å². The lowest BCUT2D eigenvalue weighted by Gasteiger charge is -2.13. The van der Waals surface area contributed by atoms with E-state index in [-0.39, 0.29) is 11.7 Å². The zero-order chi connectivity index (χ0) is 16.5. The fourth-order valence-corrected chi connectivity index (χ4v) is 3.40. The predicted octanol–water partition coefficient (Wildman–Crippen LogP) is 5.70. The first-order valence-electron chi connectivity index (χ1n) is 8.31. The normalized spacial score (nSPS) is 12.5. The SMILES string of the molecule is C[C@H](CC(=O)c1cc2ccccc2[nH]1)c1cccc2ccccc12. The van der Waals surface area contributed by atoms with Crippen molar-refractivity contribution in [3.8, 4) is 0 Å². The average molecular weight is 313 g/mol. The fourth-order valence-electron chi connectivity index (χ4n) is 3.40. The third kappa shape index (κ3) is 2.61. The molecular formula is C22H19NO. The highest BCUT2D eigenvalue weighted by molar-refractivity contribution is 6.00. The lowest BCUT2D eigenvalue weighted by molar-refractivity contribution is 0.0972. The third-order valence-corrected chi connectivity index (χ3v) is 4.68. The number of hydrogen-bond acceptors (Lipinski definition) is 1. The second-order valence-corrected chi connectivity index (χ2v) is 6.37. The van der Waals surface area contributed by atoms with Gasteiger partial charge in [-0.1, -0.05) is 67.6 Å². The number of rotatable bonds is 4. The van der Waals surface area contributed by atoms with Crippen molar-refractivity contribution in [3.05, 3.63) is 84.1 Å². The molecule has 24 heavy (non-hydrogen) atoms. The Morgan fingerprint density at radius 2 is 1.62 bits per heavy atom. The molecule has 1 aromatic heterocycles. The molecule has 3 aromatic carbocycles. The van der Waals surface area contributed by atoms with Crippen molar-refractivity contribution in [1.82, 2.24) is 4.98 Å². The molecule has 0 unspecified atom stereocenters. The average Bonchev–Trinajstić information content (AvgIpc) is 3.05. The molecule has 0 aliphatic heterocycles. The van der Waals surface area contributed by atoms with Crippen LogP contribution >= 0.6 is 0 Å². The molecule has 0 radical (unpaired) electrons. The van der Waals surface area contributed by atoms with Crippen molar-refractivity contribution < 1.29 is 4.79 Å². The van der Waals surface area contributed by atoms with E-state index < -0.39 is 0 Å². The lowest BCUT2D eigenvalue weighted by atomic mass is 9.90. The summed E-state index contributed by atoms with van der Waals surface area (Å²) >= 11 is 0. The fraction of sp³-hybridized carbons (Fsp3) is 0.136. The molecule has 0 spiro atoms. The van der Waals surface area contributed by atoms with Crippen LogP contribution in [0.3, 0.4) is 0 Å². The molecule has 0 bridgehead atoms. The number of carbonyl (C=O) groups is 1. The lowest BCUT2D eigenvalue weighted by Crippen LogP contribution is -2.06. The number of nitrogens with one attached hydrogen (secondary N) is 1. The largest absolute Gasteiger partial charge is 0.352 e. The Balaban J connectivity index is 1.63. The van der Waals surface area contributed by atoms with Gasteiger partial charge in [0.25, 0.3) is 0 Å². The molecule has 2 nitrogen and oxygen atoms in total. The van der Waals surface area contributed by atoms with Crippen LogP contribution in [0.5, 0.6) is 0 Å². The Hall–Kier alpha value is -2.87. The first-order valence-corrected chi connectivity index (χ1v) is 8.31. The van der Waals surface area contributed by atoms with Crippen molar-refractivity contribution in [1.29, 1.82) is 0 Å². The molecule has 4 aromatic rings. The molecule has 0 saturated heterocycles. The van der Waals surface area contributed by atoms with Crippen LogP contribution in [0.2, 0.25) is 0 Å². The Bertz CT molecular complexity index is 990. The van der Waals surface area contributed by atoms with Gasteiger partial charge < -0.3 is 4.98 Å². The smallest absolute Gasteiger partial charge is 0.179 e. The van der Waals surface area contributed by atoms with Gasteiger partial charge in [-0.15, -0.1) is 0 Å². The molecule has 1 atom stereocenters. The minimum Gasteiger partial charge on any atom is -0.352 e. The van der Waals surface area contributed by atoms with Crippen LogP contribution in [0, 0.1) is 0 Å². The van der Waals surface area contributed by atoms with Crippen LogP contribution in [-0.2, 0) is 0 Å². The van der Waals surface area contributed by atoms with Gasteiger partial charge in [-0.05, 0) is 34.4 Å². The van der Waals surface area contributed by atoms with Gasteiger partial charge in [0.15, 0.2) is 5.78 Å². The maximum atomic E-state index is 12.7. The summed E-state index contributed by atoms with van der Waals surface area (Å²) in [4.78, 5) is 15.9. The first-order chi connectivity index (χ1) is 11.7. The number of carbonyl (C=O) groups excluding carboxylic acids is 1. The van der Waals surface area contributed by atoms with Crippen molar-refractivity contribution in [3.63, 3.8) is 0 Å². The second kappa shape index (κ2) is 5.97. The van der Waals surface area contributed by atoms with E-state index in [9.17, 15) is 4.79 Å². The van der Waals surface area contributed by atoms with Gasteiger partial charge >= 0.3 is 0 Å². The van der Waals surface area contributed by atoms with Crippen LogP contribution < -0.4 is 0 Å². The van der Waals surface area contributed by atoms with E-state index in [0.29, 0.717) is 12.1 Å². The molecule has 0 fully saturated rings. The van der Waals surface area contributed by atoms with Gasteiger partial charge in [0.1, 0.15) is 0 Å². The molecule has 2 heteroatoms. The molecule has 0 amide bonds. The monoisotopic (exact) mass is 313 g/mol. The summed E-state index contributed by atoms with van der Waals surface area (Å²) in [5.74, 6) is 0.335. The summed E-state index contributed by atoms with van der Waals surface area (Å²) in [6.45, 7) is 2.13. The van der Waals surface area contributed by atoms with Crippen molar-refractivity contribution in [2.24, 2.45) is 0 Å². The maximum Gasteiger partial charge on any atom is 0.179 e. The number of H-pyrrole nitrogens is 1. The number of fused-ring (bicyclic) bond motifs is 2. The summed E-state index contributed by atoms with van der Waals surface area (Å²) in [5, 5.41) is 3.54. The Morgan fingerprint density at radius 3 is 2.46 bits per heavy atom. The molecule has 0 saturated carbocycles. The highest BCUT2D eigenvalue weighted by atomic mass is 16.1. The van der Waals surface area contributed by atoms with Crippen LogP contribution in [0.1, 0.15) is 35.3 Å². The van der Waals surface area contributed by atoms with Gasteiger partial charge in [-0.2, -0.15) is 0 Å². The van der Waals surface area contributed by atoms with E-state index in [1.54, 1.807) is 0 Å². The van der Waals surface area contributed by atoms with E-state index in [1.807, 2.05) is 36.4 Å². The summed E-state index contributed by atoms with van der Waals surface area (Å²) in [6.07, 6.45) is 0.501. The number of aromatic amines is 1. The zero-order valence-corrected chi connectivity index (χ0v) is 13.6. The van der Waals surface area contributed by atoms with Crippen molar-refractivity contribution in [2.75, 3.05) is 0 Å². The molecular weight excluding hydrogens is 294 g/mol. The number of hydrogen-bond donors (Lipinski definition) is 1. The molecule has 0 aliphatic rings. The Morgan fingerprint density at radius 1 is 0.917 bits per heavy atom. The van der Waals surface area contributed by atoms with Gasteiger partial charge in [-0.25, -0.2) is 0 Å². The number of para-hydroxylation sites is 1. The number of benzene rings is 3. The summed E-state index contributed by atoms with van der Waals surface area (Å²) in [6, 6.07) is 24.6. The van der Waals surface area contributed by atoms with Gasteiger partial charge in [0.05, 0.1) is 5.69 Å². The van der Waals surface area contributed by atoms with Gasteiger partial charge in [0, 0.05) is 17.3 Å². The topological polar surface area (TPSA) is 32.9 Å².